The molecule has 1 fully saturated rings. The van der Waals surface area contributed by atoms with E-state index in [4.69, 9.17) is 4.74 Å². The lowest BCUT2D eigenvalue weighted by Crippen LogP contribution is -2.59. The van der Waals surface area contributed by atoms with Crippen molar-refractivity contribution in [1.29, 1.82) is 0 Å². The first-order chi connectivity index (χ1) is 15.9. The zero-order chi connectivity index (χ0) is 23.1. The summed E-state index contributed by atoms with van der Waals surface area (Å²) in [5.74, 6) is -2.04. The smallest absolute Gasteiger partial charge is 0.341 e. The van der Waals surface area contributed by atoms with E-state index >= 15 is 0 Å². The third-order valence-electron chi connectivity index (χ3n) is 5.40. The van der Waals surface area contributed by atoms with Crippen molar-refractivity contribution in [3.8, 4) is 17.3 Å². The minimum atomic E-state index is -0.721. The quantitative estimate of drug-likeness (QED) is 0.572. The zero-order valence-electron chi connectivity index (χ0n) is 17.3. The van der Waals surface area contributed by atoms with Crippen molar-refractivity contribution in [2.24, 2.45) is 5.10 Å². The number of amides is 2. The van der Waals surface area contributed by atoms with Gasteiger partial charge < -0.3 is 9.64 Å². The van der Waals surface area contributed by atoms with Crippen LogP contribution in [-0.2, 0) is 0 Å². The summed E-state index contributed by atoms with van der Waals surface area (Å²) in [4.78, 5) is 22.5. The highest BCUT2D eigenvalue weighted by Crippen LogP contribution is 2.32. The molecule has 33 heavy (non-hydrogen) atoms. The average Bonchev–Trinajstić information content (AvgIpc) is 3.39. The van der Waals surface area contributed by atoms with E-state index in [1.54, 1.807) is 12.3 Å². The molecule has 1 aromatic carbocycles. The van der Waals surface area contributed by atoms with Crippen molar-refractivity contribution in [3.05, 3.63) is 58.5 Å². The summed E-state index contributed by atoms with van der Waals surface area (Å²) in [6.45, 7) is 2.18. The van der Waals surface area contributed by atoms with Crippen molar-refractivity contribution in [2.45, 2.75) is 25.5 Å². The van der Waals surface area contributed by atoms with Crippen molar-refractivity contribution in [2.75, 3.05) is 13.1 Å². The van der Waals surface area contributed by atoms with Crippen molar-refractivity contribution in [3.63, 3.8) is 0 Å². The molecule has 170 valence electrons. The number of hydrogen-bond donors (Lipinski definition) is 0. The standard InChI is InChI=1S/C21H17F3N6O2S/c1-11-16(10-33-28-11)19-25-7-17(24)20(27-19)32-15-8-29(9-15)21(31)30-18(2-3-26-30)12-4-13(22)6-14(23)5-12/h3-7,10,15,18H,2,8-9H2,1H3/t18-/m0/s1. The van der Waals surface area contributed by atoms with Crippen LogP contribution in [0.4, 0.5) is 18.0 Å². The van der Waals surface area contributed by atoms with Gasteiger partial charge in [-0.2, -0.15) is 18.8 Å². The topological polar surface area (TPSA) is 83.8 Å². The van der Waals surface area contributed by atoms with Gasteiger partial charge in [0.2, 0.25) is 5.82 Å². The molecule has 12 heteroatoms. The minimum Gasteiger partial charge on any atom is -0.468 e. The molecule has 2 aliphatic heterocycles. The second-order valence-electron chi connectivity index (χ2n) is 7.68. The van der Waals surface area contributed by atoms with E-state index in [1.165, 1.54) is 39.8 Å². The predicted octanol–water partition coefficient (Wildman–Crippen LogP) is 3.94. The number of rotatable bonds is 4. The van der Waals surface area contributed by atoms with E-state index in [9.17, 15) is 18.0 Å². The number of hydrogen-bond acceptors (Lipinski definition) is 7. The molecule has 5 rings (SSSR count). The molecule has 2 aliphatic rings. The number of urea groups is 1. The highest BCUT2D eigenvalue weighted by atomic mass is 32.1. The molecule has 4 heterocycles. The molecule has 0 radical (unpaired) electrons. The Balaban J connectivity index is 1.24. The molecule has 2 aromatic heterocycles. The maximum absolute atomic E-state index is 14.2. The van der Waals surface area contributed by atoms with Gasteiger partial charge in [0.1, 0.15) is 17.7 Å². The van der Waals surface area contributed by atoms with Crippen LogP contribution >= 0.6 is 11.5 Å². The van der Waals surface area contributed by atoms with Gasteiger partial charge in [0, 0.05) is 24.1 Å². The highest BCUT2D eigenvalue weighted by Gasteiger charge is 2.39. The molecule has 0 saturated carbocycles. The van der Waals surface area contributed by atoms with Crippen LogP contribution in [0.2, 0.25) is 0 Å². The Morgan fingerprint density at radius 2 is 1.94 bits per heavy atom. The van der Waals surface area contributed by atoms with Crippen LogP contribution in [0.1, 0.15) is 23.7 Å². The summed E-state index contributed by atoms with van der Waals surface area (Å²) in [7, 11) is 0. The average molecular weight is 474 g/mol. The van der Waals surface area contributed by atoms with E-state index in [1.807, 2.05) is 0 Å². The number of aromatic nitrogens is 3. The fourth-order valence-corrected chi connectivity index (χ4v) is 4.38. The first-order valence-electron chi connectivity index (χ1n) is 10.1. The number of benzene rings is 1. The van der Waals surface area contributed by atoms with Gasteiger partial charge in [0.15, 0.2) is 5.82 Å². The Kier molecular flexibility index (Phi) is 5.44. The number of aryl methyl sites for hydroxylation is 1. The van der Waals surface area contributed by atoms with Crippen molar-refractivity contribution in [1.82, 2.24) is 24.3 Å². The van der Waals surface area contributed by atoms with E-state index in [2.05, 4.69) is 19.4 Å². The number of ether oxygens (including phenoxy) is 1. The second kappa shape index (κ2) is 8.43. The number of nitrogens with zero attached hydrogens (tertiary/aromatic N) is 6. The molecule has 0 unspecified atom stereocenters. The maximum Gasteiger partial charge on any atom is 0.341 e. The van der Waals surface area contributed by atoms with Crippen LogP contribution in [-0.4, -0.2) is 55.7 Å². The molecular formula is C21H17F3N6O2S. The van der Waals surface area contributed by atoms with Gasteiger partial charge in [-0.15, -0.1) is 0 Å². The predicted molar refractivity (Wildman–Crippen MR) is 113 cm³/mol. The number of likely N-dealkylation sites (tertiary alicyclic amines) is 1. The molecule has 8 nitrogen and oxygen atoms in total. The number of carbonyl (C=O) groups excluding carboxylic acids is 1. The third-order valence-corrected chi connectivity index (χ3v) is 6.12. The Hall–Kier alpha value is -3.54. The molecule has 3 aromatic rings. The van der Waals surface area contributed by atoms with Gasteiger partial charge >= 0.3 is 6.03 Å². The monoisotopic (exact) mass is 474 g/mol. The summed E-state index contributed by atoms with van der Waals surface area (Å²) in [5, 5.41) is 7.04. The molecule has 0 aliphatic carbocycles. The van der Waals surface area contributed by atoms with E-state index in [0.29, 0.717) is 23.4 Å². The highest BCUT2D eigenvalue weighted by molar-refractivity contribution is 7.04. The number of carbonyl (C=O) groups is 1. The van der Waals surface area contributed by atoms with Gasteiger partial charge in [0.25, 0.3) is 5.88 Å². The maximum atomic E-state index is 14.2. The summed E-state index contributed by atoms with van der Waals surface area (Å²) in [5.41, 5.74) is 1.75. The second-order valence-corrected chi connectivity index (χ2v) is 8.31. The van der Waals surface area contributed by atoms with Gasteiger partial charge in [-0.1, -0.05) is 0 Å². The lowest BCUT2D eigenvalue weighted by Gasteiger charge is -2.40. The molecule has 0 spiro atoms. The van der Waals surface area contributed by atoms with E-state index < -0.39 is 35.6 Å². The van der Waals surface area contributed by atoms with Gasteiger partial charge in [-0.25, -0.2) is 23.6 Å². The Labute approximate surface area is 190 Å². The first kappa shape index (κ1) is 21.3. The summed E-state index contributed by atoms with van der Waals surface area (Å²) >= 11 is 1.25. The lowest BCUT2D eigenvalue weighted by atomic mass is 10.0. The SMILES string of the molecule is Cc1nscc1-c1ncc(F)c(OC2CN(C(=O)N3N=CC[C@H]3c3cc(F)cc(F)c3)C2)n1. The van der Waals surface area contributed by atoms with Crippen LogP contribution in [0, 0.1) is 24.4 Å². The van der Waals surface area contributed by atoms with Gasteiger partial charge in [0.05, 0.1) is 36.6 Å². The molecule has 1 atom stereocenters. The fourth-order valence-electron chi connectivity index (χ4n) is 3.69. The Morgan fingerprint density at radius 1 is 1.18 bits per heavy atom. The van der Waals surface area contributed by atoms with Gasteiger partial charge in [-0.3, -0.25) is 0 Å². The Morgan fingerprint density at radius 3 is 2.64 bits per heavy atom. The van der Waals surface area contributed by atoms with Gasteiger partial charge in [-0.05, 0) is 36.2 Å². The molecule has 2 amide bonds. The molecule has 1 saturated heterocycles. The number of halogens is 3. The van der Waals surface area contributed by atoms with Crippen LogP contribution in [0.3, 0.4) is 0 Å². The third kappa shape index (κ3) is 4.13. The van der Waals surface area contributed by atoms with Crippen LogP contribution < -0.4 is 4.74 Å². The lowest BCUT2D eigenvalue weighted by molar-refractivity contribution is 0.0230. The van der Waals surface area contributed by atoms with Crippen LogP contribution in [0.25, 0.3) is 11.4 Å². The summed E-state index contributed by atoms with van der Waals surface area (Å²) < 4.78 is 51.3. The van der Waals surface area contributed by atoms with E-state index in [0.717, 1.165) is 18.0 Å². The molecule has 0 N–H and O–H groups in total. The first-order valence-corrected chi connectivity index (χ1v) is 10.9. The van der Waals surface area contributed by atoms with Crippen molar-refractivity contribution >= 4 is 23.8 Å². The summed E-state index contributed by atoms with van der Waals surface area (Å²) in [6, 6.07) is 2.11. The largest absolute Gasteiger partial charge is 0.468 e. The summed E-state index contributed by atoms with van der Waals surface area (Å²) in [6.07, 6.45) is 2.44. The Bertz CT molecular complexity index is 1230. The van der Waals surface area contributed by atoms with E-state index in [-0.39, 0.29) is 19.0 Å². The fraction of sp³-hybridized carbons (Fsp3) is 0.286. The van der Waals surface area contributed by atoms with Crippen LogP contribution in [0.15, 0.2) is 34.9 Å². The van der Waals surface area contributed by atoms with Crippen molar-refractivity contribution < 1.29 is 22.7 Å². The number of hydrazone groups is 1. The molecular weight excluding hydrogens is 457 g/mol. The van der Waals surface area contributed by atoms with Crippen LogP contribution in [0.5, 0.6) is 5.88 Å². The minimum absolute atomic E-state index is 0.187. The normalized spacial score (nSPS) is 18.0. The molecule has 0 bridgehead atoms. The zero-order valence-corrected chi connectivity index (χ0v) is 18.1.